The van der Waals surface area contributed by atoms with Gasteiger partial charge in [0.15, 0.2) is 0 Å². The molecular formula is C11H17N3O. The molecule has 0 aliphatic heterocycles. The van der Waals surface area contributed by atoms with Crippen LogP contribution in [-0.2, 0) is 0 Å². The van der Waals surface area contributed by atoms with Gasteiger partial charge in [0, 0.05) is 19.8 Å². The summed E-state index contributed by atoms with van der Waals surface area (Å²) in [4.78, 5) is 12.9. The molecule has 0 saturated carbocycles. The van der Waals surface area contributed by atoms with Crippen LogP contribution in [0.4, 0.5) is 10.5 Å². The third-order valence-electron chi connectivity index (χ3n) is 2.21. The number of anilines is 1. The SMILES string of the molecule is C[C@H](NC(=O)N(C)C)c1ccccc1N. The summed E-state index contributed by atoms with van der Waals surface area (Å²) in [5, 5.41) is 2.84. The van der Waals surface area contributed by atoms with Crippen LogP contribution in [0.15, 0.2) is 24.3 Å². The van der Waals surface area contributed by atoms with Crippen molar-refractivity contribution in [1.29, 1.82) is 0 Å². The van der Waals surface area contributed by atoms with E-state index in [1.54, 1.807) is 14.1 Å². The van der Waals surface area contributed by atoms with E-state index in [1.165, 1.54) is 4.90 Å². The molecule has 0 aromatic heterocycles. The first-order valence-electron chi connectivity index (χ1n) is 4.84. The normalized spacial score (nSPS) is 11.9. The van der Waals surface area contributed by atoms with Gasteiger partial charge >= 0.3 is 6.03 Å². The van der Waals surface area contributed by atoms with Crippen molar-refractivity contribution in [3.8, 4) is 0 Å². The molecule has 3 N–H and O–H groups in total. The first-order valence-corrected chi connectivity index (χ1v) is 4.84. The van der Waals surface area contributed by atoms with E-state index in [1.807, 2.05) is 31.2 Å². The third-order valence-corrected chi connectivity index (χ3v) is 2.21. The quantitative estimate of drug-likeness (QED) is 0.724. The summed E-state index contributed by atoms with van der Waals surface area (Å²) in [6.07, 6.45) is 0. The minimum absolute atomic E-state index is 0.0823. The minimum atomic E-state index is -0.120. The van der Waals surface area contributed by atoms with Gasteiger partial charge < -0.3 is 16.0 Å². The average molecular weight is 207 g/mol. The first-order chi connectivity index (χ1) is 7.02. The summed E-state index contributed by atoms with van der Waals surface area (Å²) < 4.78 is 0. The molecule has 1 aromatic rings. The highest BCUT2D eigenvalue weighted by molar-refractivity contribution is 5.74. The summed E-state index contributed by atoms with van der Waals surface area (Å²) in [7, 11) is 3.41. The Balaban J connectivity index is 2.73. The molecule has 0 bridgehead atoms. The first kappa shape index (κ1) is 11.4. The van der Waals surface area contributed by atoms with E-state index in [-0.39, 0.29) is 12.1 Å². The molecule has 0 heterocycles. The van der Waals surface area contributed by atoms with Gasteiger partial charge in [0.05, 0.1) is 6.04 Å². The molecule has 15 heavy (non-hydrogen) atoms. The number of nitrogens with two attached hydrogens (primary N) is 1. The van der Waals surface area contributed by atoms with Crippen molar-refractivity contribution in [1.82, 2.24) is 10.2 Å². The highest BCUT2D eigenvalue weighted by Crippen LogP contribution is 2.19. The van der Waals surface area contributed by atoms with Crippen molar-refractivity contribution < 1.29 is 4.79 Å². The molecule has 1 atom stereocenters. The molecule has 0 unspecified atom stereocenters. The van der Waals surface area contributed by atoms with Crippen LogP contribution in [-0.4, -0.2) is 25.0 Å². The van der Waals surface area contributed by atoms with Crippen LogP contribution in [0.5, 0.6) is 0 Å². The Kier molecular flexibility index (Phi) is 3.55. The van der Waals surface area contributed by atoms with E-state index in [0.717, 1.165) is 5.56 Å². The fourth-order valence-electron chi connectivity index (χ4n) is 1.30. The van der Waals surface area contributed by atoms with Crippen LogP contribution in [0, 0.1) is 0 Å². The van der Waals surface area contributed by atoms with E-state index >= 15 is 0 Å². The number of nitrogens with one attached hydrogen (secondary N) is 1. The Morgan fingerprint density at radius 3 is 2.53 bits per heavy atom. The topological polar surface area (TPSA) is 58.4 Å². The number of benzene rings is 1. The molecule has 1 rings (SSSR count). The van der Waals surface area contributed by atoms with Gasteiger partial charge in [-0.25, -0.2) is 4.79 Å². The maximum atomic E-state index is 11.4. The zero-order valence-corrected chi connectivity index (χ0v) is 9.32. The van der Waals surface area contributed by atoms with Crippen molar-refractivity contribution in [3.63, 3.8) is 0 Å². The lowest BCUT2D eigenvalue weighted by Gasteiger charge is -2.19. The zero-order valence-electron chi connectivity index (χ0n) is 9.32. The number of amides is 2. The van der Waals surface area contributed by atoms with E-state index in [2.05, 4.69) is 5.32 Å². The predicted molar refractivity (Wildman–Crippen MR) is 61.5 cm³/mol. The number of hydrogen-bond acceptors (Lipinski definition) is 2. The molecule has 0 saturated heterocycles. The maximum absolute atomic E-state index is 11.4. The molecule has 0 fully saturated rings. The van der Waals surface area contributed by atoms with Gasteiger partial charge in [-0.05, 0) is 18.6 Å². The average Bonchev–Trinajstić information content (AvgIpc) is 2.18. The number of para-hydroxylation sites is 1. The zero-order chi connectivity index (χ0) is 11.4. The molecule has 2 amide bonds. The van der Waals surface area contributed by atoms with Gasteiger partial charge in [-0.2, -0.15) is 0 Å². The lowest BCUT2D eigenvalue weighted by Crippen LogP contribution is -2.36. The second-order valence-electron chi connectivity index (χ2n) is 3.69. The smallest absolute Gasteiger partial charge is 0.317 e. The number of hydrogen-bond donors (Lipinski definition) is 2. The number of carbonyl (C=O) groups is 1. The van der Waals surface area contributed by atoms with Crippen molar-refractivity contribution in [2.24, 2.45) is 0 Å². The summed E-state index contributed by atoms with van der Waals surface area (Å²) in [5.41, 5.74) is 7.44. The van der Waals surface area contributed by atoms with Gasteiger partial charge in [-0.1, -0.05) is 18.2 Å². The van der Waals surface area contributed by atoms with Gasteiger partial charge in [-0.15, -0.1) is 0 Å². The fraction of sp³-hybridized carbons (Fsp3) is 0.364. The third kappa shape index (κ3) is 2.87. The lowest BCUT2D eigenvalue weighted by molar-refractivity contribution is 0.214. The van der Waals surface area contributed by atoms with E-state index in [4.69, 9.17) is 5.73 Å². The highest BCUT2D eigenvalue weighted by Gasteiger charge is 2.12. The Morgan fingerprint density at radius 1 is 1.40 bits per heavy atom. The van der Waals surface area contributed by atoms with Crippen molar-refractivity contribution in [3.05, 3.63) is 29.8 Å². The van der Waals surface area contributed by atoms with Gasteiger partial charge in [0.1, 0.15) is 0 Å². The van der Waals surface area contributed by atoms with Crippen LogP contribution in [0.2, 0.25) is 0 Å². The predicted octanol–water partition coefficient (Wildman–Crippen LogP) is 1.60. The molecule has 0 spiro atoms. The molecule has 0 aliphatic rings. The lowest BCUT2D eigenvalue weighted by atomic mass is 10.1. The number of carbonyl (C=O) groups excluding carboxylic acids is 1. The molecule has 4 heteroatoms. The van der Waals surface area contributed by atoms with Gasteiger partial charge in [-0.3, -0.25) is 0 Å². The van der Waals surface area contributed by atoms with Crippen molar-refractivity contribution in [2.45, 2.75) is 13.0 Å². The molecule has 0 radical (unpaired) electrons. The highest BCUT2D eigenvalue weighted by atomic mass is 16.2. The molecule has 4 nitrogen and oxygen atoms in total. The summed E-state index contributed by atoms with van der Waals surface area (Å²) in [6, 6.07) is 7.32. The number of rotatable bonds is 2. The van der Waals surface area contributed by atoms with Crippen molar-refractivity contribution >= 4 is 11.7 Å². The second-order valence-corrected chi connectivity index (χ2v) is 3.69. The fourth-order valence-corrected chi connectivity index (χ4v) is 1.30. The summed E-state index contributed by atoms with van der Waals surface area (Å²) in [5.74, 6) is 0. The van der Waals surface area contributed by atoms with Gasteiger partial charge in [0.2, 0.25) is 0 Å². The Labute approximate surface area is 90.1 Å². The monoisotopic (exact) mass is 207 g/mol. The largest absolute Gasteiger partial charge is 0.398 e. The van der Waals surface area contributed by atoms with E-state index in [9.17, 15) is 4.79 Å². The summed E-state index contributed by atoms with van der Waals surface area (Å²) in [6.45, 7) is 1.91. The molecule has 82 valence electrons. The number of urea groups is 1. The second kappa shape index (κ2) is 4.68. The molecule has 0 aliphatic carbocycles. The Morgan fingerprint density at radius 2 is 2.00 bits per heavy atom. The number of nitrogens with zero attached hydrogens (tertiary/aromatic N) is 1. The Bertz CT molecular complexity index is 349. The van der Waals surface area contributed by atoms with Crippen LogP contribution in [0.25, 0.3) is 0 Å². The summed E-state index contributed by atoms with van der Waals surface area (Å²) >= 11 is 0. The Hall–Kier alpha value is -1.71. The van der Waals surface area contributed by atoms with Crippen molar-refractivity contribution in [2.75, 3.05) is 19.8 Å². The van der Waals surface area contributed by atoms with Gasteiger partial charge in [0.25, 0.3) is 0 Å². The molecular weight excluding hydrogens is 190 g/mol. The van der Waals surface area contributed by atoms with Crippen LogP contribution >= 0.6 is 0 Å². The van der Waals surface area contributed by atoms with E-state index < -0.39 is 0 Å². The van der Waals surface area contributed by atoms with Crippen LogP contribution < -0.4 is 11.1 Å². The number of nitrogen functional groups attached to an aromatic ring is 1. The maximum Gasteiger partial charge on any atom is 0.317 e. The van der Waals surface area contributed by atoms with Crippen LogP contribution in [0.1, 0.15) is 18.5 Å². The van der Waals surface area contributed by atoms with E-state index in [0.29, 0.717) is 5.69 Å². The standard InChI is InChI=1S/C11H17N3O/c1-8(13-11(15)14(2)3)9-6-4-5-7-10(9)12/h4-8H,12H2,1-3H3,(H,13,15)/t8-/m0/s1. The molecule has 1 aromatic carbocycles. The minimum Gasteiger partial charge on any atom is -0.398 e. The van der Waals surface area contributed by atoms with Crippen LogP contribution in [0.3, 0.4) is 0 Å².